The first-order valence-corrected chi connectivity index (χ1v) is 12.6. The molecule has 0 unspecified atom stereocenters. The van der Waals surface area contributed by atoms with Crippen molar-refractivity contribution in [1.29, 1.82) is 0 Å². The minimum atomic E-state index is -4.38. The van der Waals surface area contributed by atoms with Crippen LogP contribution in [0.25, 0.3) is 11.1 Å². The maximum atomic E-state index is 13.5. The molecular formula is C26H24FN3O4S. The standard InChI is InChI=1S/C26H24FN3O4S/c1-2-3-9-23-29-25(31)24(26(32)30(23)17-18-7-5-4-6-8-18)35(33,34)21-13-10-19(11-14-21)20-12-15-22(27)28-16-20/h4-8,10-16,31H,2-3,9,17H2,1H3. The van der Waals surface area contributed by atoms with Gasteiger partial charge in [0.2, 0.25) is 21.7 Å². The number of unbranched alkanes of at least 4 members (excludes halogenated alkanes) is 1. The highest BCUT2D eigenvalue weighted by Crippen LogP contribution is 2.27. The monoisotopic (exact) mass is 493 g/mol. The lowest BCUT2D eigenvalue weighted by molar-refractivity contribution is 0.419. The van der Waals surface area contributed by atoms with E-state index in [2.05, 4.69) is 9.97 Å². The fourth-order valence-corrected chi connectivity index (χ4v) is 5.11. The lowest BCUT2D eigenvalue weighted by Gasteiger charge is -2.15. The molecule has 1 N–H and O–H groups in total. The van der Waals surface area contributed by atoms with Crippen molar-refractivity contribution in [3.63, 3.8) is 0 Å². The number of aromatic nitrogens is 3. The molecule has 0 fully saturated rings. The summed E-state index contributed by atoms with van der Waals surface area (Å²) >= 11 is 0. The second-order valence-electron chi connectivity index (χ2n) is 8.06. The predicted molar refractivity (Wildman–Crippen MR) is 129 cm³/mol. The molecule has 2 heterocycles. The SMILES string of the molecule is CCCCc1nc(O)c(S(=O)(=O)c2ccc(-c3ccc(F)nc3)cc2)c(=O)n1Cc1ccccc1. The Labute approximate surface area is 202 Å². The molecule has 0 atom stereocenters. The summed E-state index contributed by atoms with van der Waals surface area (Å²) in [5.74, 6) is -1.10. The summed E-state index contributed by atoms with van der Waals surface area (Å²) in [4.78, 5) is 20.3. The van der Waals surface area contributed by atoms with Crippen LogP contribution in [0.15, 0.2) is 87.5 Å². The van der Waals surface area contributed by atoms with E-state index in [1.54, 1.807) is 0 Å². The molecule has 0 amide bonds. The van der Waals surface area contributed by atoms with Gasteiger partial charge in [-0.2, -0.15) is 9.37 Å². The number of hydrogen-bond acceptors (Lipinski definition) is 6. The van der Waals surface area contributed by atoms with Gasteiger partial charge in [-0.1, -0.05) is 55.8 Å². The first-order valence-electron chi connectivity index (χ1n) is 11.1. The van der Waals surface area contributed by atoms with Gasteiger partial charge in [-0.25, -0.2) is 13.4 Å². The summed E-state index contributed by atoms with van der Waals surface area (Å²) in [7, 11) is -4.38. The molecule has 0 aliphatic carbocycles. The zero-order chi connectivity index (χ0) is 25.0. The van der Waals surface area contributed by atoms with Crippen molar-refractivity contribution < 1.29 is 17.9 Å². The molecule has 0 saturated carbocycles. The Balaban J connectivity index is 1.78. The maximum Gasteiger partial charge on any atom is 0.277 e. The highest BCUT2D eigenvalue weighted by atomic mass is 32.2. The van der Waals surface area contributed by atoms with Crippen LogP contribution < -0.4 is 5.56 Å². The van der Waals surface area contributed by atoms with Crippen molar-refractivity contribution in [3.8, 4) is 17.0 Å². The van der Waals surface area contributed by atoms with Crippen molar-refractivity contribution in [1.82, 2.24) is 14.5 Å². The van der Waals surface area contributed by atoms with Crippen LogP contribution in [-0.2, 0) is 22.8 Å². The van der Waals surface area contributed by atoms with Crippen molar-refractivity contribution in [2.45, 2.75) is 42.5 Å². The molecule has 0 saturated heterocycles. The topological polar surface area (TPSA) is 102 Å². The van der Waals surface area contributed by atoms with Gasteiger partial charge in [-0.05, 0) is 41.8 Å². The number of benzene rings is 2. The van der Waals surface area contributed by atoms with Crippen molar-refractivity contribution in [2.75, 3.05) is 0 Å². The van der Waals surface area contributed by atoms with Crippen molar-refractivity contribution >= 4 is 9.84 Å². The van der Waals surface area contributed by atoms with Crippen LogP contribution in [0, 0.1) is 5.95 Å². The van der Waals surface area contributed by atoms with Gasteiger partial charge >= 0.3 is 0 Å². The van der Waals surface area contributed by atoms with Crippen LogP contribution in [0.1, 0.15) is 31.2 Å². The van der Waals surface area contributed by atoms with Crippen LogP contribution in [0.5, 0.6) is 5.88 Å². The second kappa shape index (κ2) is 10.2. The maximum absolute atomic E-state index is 13.5. The fourth-order valence-electron chi connectivity index (χ4n) is 3.75. The van der Waals surface area contributed by atoms with Crippen molar-refractivity contribution in [2.24, 2.45) is 0 Å². The Kier molecular flexibility index (Phi) is 7.07. The minimum Gasteiger partial charge on any atom is -0.492 e. The Morgan fingerprint density at radius 3 is 2.29 bits per heavy atom. The third-order valence-corrected chi connectivity index (χ3v) is 7.41. The molecule has 4 rings (SSSR count). The van der Waals surface area contributed by atoms with Gasteiger partial charge in [0.1, 0.15) is 5.82 Å². The van der Waals surface area contributed by atoms with Gasteiger partial charge in [0.25, 0.3) is 5.56 Å². The Morgan fingerprint density at radius 2 is 1.66 bits per heavy atom. The summed E-state index contributed by atoms with van der Waals surface area (Å²) in [6, 6.07) is 17.6. The lowest BCUT2D eigenvalue weighted by Crippen LogP contribution is -2.30. The minimum absolute atomic E-state index is 0.130. The normalized spacial score (nSPS) is 11.5. The molecule has 0 bridgehead atoms. The Hall–Kier alpha value is -3.85. The smallest absolute Gasteiger partial charge is 0.277 e. The number of pyridine rings is 1. The molecule has 180 valence electrons. The van der Waals surface area contributed by atoms with Crippen LogP contribution in [0.2, 0.25) is 0 Å². The number of aryl methyl sites for hydroxylation is 1. The van der Waals surface area contributed by atoms with Gasteiger partial charge < -0.3 is 5.11 Å². The molecule has 4 aromatic rings. The Morgan fingerprint density at radius 1 is 0.971 bits per heavy atom. The third-order valence-electron chi connectivity index (χ3n) is 5.62. The predicted octanol–water partition coefficient (Wildman–Crippen LogP) is 4.37. The van der Waals surface area contributed by atoms with E-state index in [9.17, 15) is 22.7 Å². The molecule has 35 heavy (non-hydrogen) atoms. The molecule has 0 radical (unpaired) electrons. The number of rotatable bonds is 8. The summed E-state index contributed by atoms with van der Waals surface area (Å²) in [5.41, 5.74) is 1.21. The number of aromatic hydroxyl groups is 1. The van der Waals surface area contributed by atoms with E-state index in [0.717, 1.165) is 18.4 Å². The molecule has 9 heteroatoms. The number of hydrogen-bond donors (Lipinski definition) is 1. The van der Waals surface area contributed by atoms with Crippen molar-refractivity contribution in [3.05, 3.63) is 101 Å². The summed E-state index contributed by atoms with van der Waals surface area (Å²) in [5, 5.41) is 10.6. The highest BCUT2D eigenvalue weighted by molar-refractivity contribution is 7.91. The summed E-state index contributed by atoms with van der Waals surface area (Å²) < 4.78 is 41.3. The van der Waals surface area contributed by atoms with E-state index < -0.39 is 32.1 Å². The van der Waals surface area contributed by atoms with Crippen LogP contribution >= 0.6 is 0 Å². The van der Waals surface area contributed by atoms with E-state index in [1.807, 2.05) is 37.3 Å². The average molecular weight is 494 g/mol. The highest BCUT2D eigenvalue weighted by Gasteiger charge is 2.29. The molecule has 0 aliphatic rings. The van der Waals surface area contributed by atoms with Gasteiger partial charge in [0, 0.05) is 18.2 Å². The average Bonchev–Trinajstić information content (AvgIpc) is 2.86. The third kappa shape index (κ3) is 5.14. The van der Waals surface area contributed by atoms with Crippen LogP contribution in [-0.4, -0.2) is 28.1 Å². The van der Waals surface area contributed by atoms with Gasteiger partial charge in [0.05, 0.1) is 11.4 Å². The summed E-state index contributed by atoms with van der Waals surface area (Å²) in [6.07, 6.45) is 3.34. The molecular weight excluding hydrogens is 469 g/mol. The summed E-state index contributed by atoms with van der Waals surface area (Å²) in [6.45, 7) is 2.12. The van der Waals surface area contributed by atoms with E-state index in [0.29, 0.717) is 23.4 Å². The first-order chi connectivity index (χ1) is 16.8. The van der Waals surface area contributed by atoms with E-state index >= 15 is 0 Å². The van der Waals surface area contributed by atoms with E-state index in [1.165, 1.54) is 47.2 Å². The molecule has 0 spiro atoms. The molecule has 0 aliphatic heterocycles. The lowest BCUT2D eigenvalue weighted by atomic mass is 10.1. The zero-order valence-electron chi connectivity index (χ0n) is 19.1. The second-order valence-corrected chi connectivity index (χ2v) is 9.95. The Bertz CT molecular complexity index is 1490. The molecule has 2 aromatic heterocycles. The number of sulfone groups is 1. The van der Waals surface area contributed by atoms with Gasteiger partial charge in [-0.15, -0.1) is 0 Å². The van der Waals surface area contributed by atoms with E-state index in [-0.39, 0.29) is 11.4 Å². The molecule has 7 nitrogen and oxygen atoms in total. The van der Waals surface area contributed by atoms with Crippen LogP contribution in [0.3, 0.4) is 0 Å². The van der Waals surface area contributed by atoms with Gasteiger partial charge in [0.15, 0.2) is 4.90 Å². The first kappa shape index (κ1) is 24.3. The zero-order valence-corrected chi connectivity index (χ0v) is 19.9. The van der Waals surface area contributed by atoms with Gasteiger partial charge in [-0.3, -0.25) is 9.36 Å². The van der Waals surface area contributed by atoms with E-state index in [4.69, 9.17) is 0 Å². The fraction of sp³-hybridized carbons (Fsp3) is 0.192. The molecule has 2 aromatic carbocycles. The number of nitrogens with zero attached hydrogens (tertiary/aromatic N) is 3. The number of halogens is 1. The van der Waals surface area contributed by atoms with Crippen LogP contribution in [0.4, 0.5) is 4.39 Å². The largest absolute Gasteiger partial charge is 0.492 e. The quantitative estimate of drug-likeness (QED) is 0.366.